The first-order chi connectivity index (χ1) is 4.10. The van der Waals surface area contributed by atoms with E-state index in [9.17, 15) is 0 Å². The monoisotopic (exact) mass is 122 g/mol. The van der Waals surface area contributed by atoms with E-state index >= 15 is 0 Å². The minimum atomic E-state index is 0.289. The molecule has 0 aromatic heterocycles. The first kappa shape index (κ1) is 6.68. The van der Waals surface area contributed by atoms with Gasteiger partial charge in [-0.3, -0.25) is 0 Å². The Kier molecular flexibility index (Phi) is 1.53. The van der Waals surface area contributed by atoms with E-state index in [1.807, 2.05) is 0 Å². The Bertz CT molecular complexity index is 155. The maximum atomic E-state index is 3.24. The fourth-order valence-corrected chi connectivity index (χ4v) is 1.46. The van der Waals surface area contributed by atoms with Crippen molar-refractivity contribution in [3.63, 3.8) is 0 Å². The average molecular weight is 122 g/mol. The van der Waals surface area contributed by atoms with Gasteiger partial charge in [-0.25, -0.2) is 0 Å². The molecule has 1 aliphatic carbocycles. The van der Waals surface area contributed by atoms with E-state index in [4.69, 9.17) is 0 Å². The molecule has 0 heteroatoms. The summed E-state index contributed by atoms with van der Waals surface area (Å²) in [7, 11) is 0. The third kappa shape index (κ3) is 1.75. The Morgan fingerprint density at radius 1 is 1.44 bits per heavy atom. The Balaban J connectivity index is 2.67. The number of hydrogen-bond acceptors (Lipinski definition) is 0. The molecule has 0 heterocycles. The predicted octanol–water partition coefficient (Wildman–Crippen LogP) is 2.45. The van der Waals surface area contributed by atoms with Crippen LogP contribution in [-0.2, 0) is 0 Å². The molecule has 0 bridgehead atoms. The van der Waals surface area contributed by atoms with Gasteiger partial charge < -0.3 is 0 Å². The summed E-state index contributed by atoms with van der Waals surface area (Å²) < 4.78 is 0. The lowest BCUT2D eigenvalue weighted by molar-refractivity contribution is 0.354. The van der Waals surface area contributed by atoms with Crippen LogP contribution in [0.25, 0.3) is 0 Å². The first-order valence-corrected chi connectivity index (χ1v) is 3.60. The summed E-state index contributed by atoms with van der Waals surface area (Å²) in [6, 6.07) is 0. The van der Waals surface area contributed by atoms with Gasteiger partial charge in [0.05, 0.1) is 0 Å². The molecule has 1 atom stereocenters. The predicted molar refractivity (Wildman–Crippen MR) is 40.0 cm³/mol. The molecule has 1 unspecified atom stereocenters. The largest absolute Gasteiger partial charge is 0.102 e. The first-order valence-electron chi connectivity index (χ1n) is 3.60. The summed E-state index contributed by atoms with van der Waals surface area (Å²) in [5, 5.41) is 0. The highest BCUT2D eigenvalue weighted by atomic mass is 14.2. The lowest BCUT2D eigenvalue weighted by atomic mass is 9.80. The smallest absolute Gasteiger partial charge is 0.0261 e. The third-order valence-electron chi connectivity index (χ3n) is 1.74. The van der Waals surface area contributed by atoms with Crippen LogP contribution in [0.5, 0.6) is 0 Å². The van der Waals surface area contributed by atoms with Crippen molar-refractivity contribution < 1.29 is 0 Å². The number of rotatable bonds is 0. The molecule has 0 nitrogen and oxygen atoms in total. The highest BCUT2D eigenvalue weighted by Crippen LogP contribution is 2.28. The molecule has 50 valence electrons. The van der Waals surface area contributed by atoms with Crippen LogP contribution in [0.3, 0.4) is 0 Å². The lowest BCUT2D eigenvalue weighted by Crippen LogP contribution is -2.16. The second kappa shape index (κ2) is 2.06. The van der Waals surface area contributed by atoms with Gasteiger partial charge >= 0.3 is 0 Å². The van der Waals surface area contributed by atoms with Crippen LogP contribution in [0.2, 0.25) is 0 Å². The normalized spacial score (nSPS) is 30.8. The van der Waals surface area contributed by atoms with Gasteiger partial charge in [-0.15, -0.1) is 5.92 Å². The van der Waals surface area contributed by atoms with Crippen molar-refractivity contribution >= 4 is 0 Å². The zero-order chi connectivity index (χ0) is 6.91. The van der Waals surface area contributed by atoms with E-state index < -0.39 is 0 Å². The van der Waals surface area contributed by atoms with Gasteiger partial charge in [0, 0.05) is 11.8 Å². The molecule has 0 radical (unpaired) electrons. The molecule has 0 aromatic carbocycles. The highest BCUT2D eigenvalue weighted by Gasteiger charge is 2.20. The van der Waals surface area contributed by atoms with Crippen molar-refractivity contribution in [3.8, 4) is 11.8 Å². The van der Waals surface area contributed by atoms with Gasteiger partial charge in [-0.05, 0) is 26.2 Å². The van der Waals surface area contributed by atoms with Crippen molar-refractivity contribution in [1.29, 1.82) is 0 Å². The quantitative estimate of drug-likeness (QED) is 0.433. The minimum Gasteiger partial charge on any atom is -0.102 e. The van der Waals surface area contributed by atoms with Gasteiger partial charge in [0.2, 0.25) is 0 Å². The Hall–Kier alpha value is -0.440. The van der Waals surface area contributed by atoms with Crippen LogP contribution >= 0.6 is 0 Å². The summed E-state index contributed by atoms with van der Waals surface area (Å²) in [5.74, 6) is 7.22. The van der Waals surface area contributed by atoms with Crippen LogP contribution in [0.4, 0.5) is 0 Å². The topological polar surface area (TPSA) is 0 Å². The molecule has 0 fully saturated rings. The van der Waals surface area contributed by atoms with E-state index in [1.165, 1.54) is 6.42 Å². The molecule has 0 aliphatic heterocycles. The van der Waals surface area contributed by atoms with Crippen LogP contribution in [0.1, 0.15) is 33.6 Å². The van der Waals surface area contributed by atoms with E-state index in [0.717, 1.165) is 12.3 Å². The van der Waals surface area contributed by atoms with Crippen LogP contribution < -0.4 is 0 Å². The number of hydrogen-bond donors (Lipinski definition) is 0. The lowest BCUT2D eigenvalue weighted by Gasteiger charge is -2.24. The molecule has 0 spiro atoms. The maximum absolute atomic E-state index is 3.24. The van der Waals surface area contributed by atoms with Crippen LogP contribution in [0.15, 0.2) is 0 Å². The SMILES string of the molecule is CC1CC#CC(C)(C)C1. The molecule has 0 N–H and O–H groups in total. The van der Waals surface area contributed by atoms with E-state index in [-0.39, 0.29) is 5.41 Å². The summed E-state index contributed by atoms with van der Waals surface area (Å²) in [6.07, 6.45) is 2.36. The third-order valence-corrected chi connectivity index (χ3v) is 1.74. The van der Waals surface area contributed by atoms with Crippen LogP contribution in [0, 0.1) is 23.2 Å². The average Bonchev–Trinajstić information content (AvgIpc) is 1.60. The molecule has 1 aliphatic rings. The van der Waals surface area contributed by atoms with Gasteiger partial charge in [-0.1, -0.05) is 12.8 Å². The summed E-state index contributed by atoms with van der Waals surface area (Å²) in [6.45, 7) is 6.71. The Labute approximate surface area is 57.7 Å². The molecule has 0 aromatic rings. The highest BCUT2D eigenvalue weighted by molar-refractivity contribution is 5.13. The van der Waals surface area contributed by atoms with Crippen molar-refractivity contribution in [2.45, 2.75) is 33.6 Å². The molecule has 0 saturated carbocycles. The summed E-state index contributed by atoms with van der Waals surface area (Å²) in [5.41, 5.74) is 0.289. The van der Waals surface area contributed by atoms with Gasteiger partial charge in [0.15, 0.2) is 0 Å². The van der Waals surface area contributed by atoms with Crippen molar-refractivity contribution in [3.05, 3.63) is 0 Å². The molecule has 9 heavy (non-hydrogen) atoms. The Morgan fingerprint density at radius 3 is 2.44 bits per heavy atom. The van der Waals surface area contributed by atoms with E-state index in [1.54, 1.807) is 0 Å². The summed E-state index contributed by atoms with van der Waals surface area (Å²) >= 11 is 0. The molecule has 0 saturated heterocycles. The molecule has 0 amide bonds. The minimum absolute atomic E-state index is 0.289. The van der Waals surface area contributed by atoms with Gasteiger partial charge in [0.25, 0.3) is 0 Å². The second-order valence-electron chi connectivity index (χ2n) is 3.70. The van der Waals surface area contributed by atoms with Gasteiger partial charge in [-0.2, -0.15) is 0 Å². The summed E-state index contributed by atoms with van der Waals surface area (Å²) in [4.78, 5) is 0. The van der Waals surface area contributed by atoms with E-state index in [0.29, 0.717) is 0 Å². The van der Waals surface area contributed by atoms with E-state index in [2.05, 4.69) is 32.6 Å². The zero-order valence-electron chi connectivity index (χ0n) is 6.49. The molecular weight excluding hydrogens is 108 g/mol. The fourth-order valence-electron chi connectivity index (χ4n) is 1.46. The van der Waals surface area contributed by atoms with Crippen molar-refractivity contribution in [1.82, 2.24) is 0 Å². The fraction of sp³-hybridized carbons (Fsp3) is 0.778. The zero-order valence-corrected chi connectivity index (χ0v) is 6.49. The second-order valence-corrected chi connectivity index (χ2v) is 3.70. The molecule has 1 rings (SSSR count). The maximum Gasteiger partial charge on any atom is 0.0261 e. The van der Waals surface area contributed by atoms with Crippen LogP contribution in [-0.4, -0.2) is 0 Å². The van der Waals surface area contributed by atoms with Crippen molar-refractivity contribution in [2.24, 2.45) is 11.3 Å². The molecular formula is C9H14. The van der Waals surface area contributed by atoms with Crippen molar-refractivity contribution in [2.75, 3.05) is 0 Å². The van der Waals surface area contributed by atoms with Gasteiger partial charge in [0.1, 0.15) is 0 Å². The Morgan fingerprint density at radius 2 is 2.11 bits per heavy atom. The standard InChI is InChI=1S/C9H14/c1-8-5-4-6-9(2,3)7-8/h8H,5,7H2,1-3H3.